The molecular formula is C15H11FN2OS2. The van der Waals surface area contributed by atoms with Crippen LogP contribution < -0.4 is 0 Å². The summed E-state index contributed by atoms with van der Waals surface area (Å²) in [5.74, 6) is -0.254. The molecule has 0 saturated heterocycles. The Labute approximate surface area is 127 Å². The predicted octanol–water partition coefficient (Wildman–Crippen LogP) is 4.03. The molecule has 6 heteroatoms. The molecule has 0 radical (unpaired) electrons. The fourth-order valence-electron chi connectivity index (χ4n) is 2.37. The predicted molar refractivity (Wildman–Crippen MR) is 83.5 cm³/mol. The minimum Gasteiger partial charge on any atom is -0.387 e. The first-order valence-electron chi connectivity index (χ1n) is 6.47. The molecule has 0 aliphatic rings. The maximum atomic E-state index is 13.2. The molecule has 3 aromatic heterocycles. The summed E-state index contributed by atoms with van der Waals surface area (Å²) in [5.41, 5.74) is 0.859. The molecule has 21 heavy (non-hydrogen) atoms. The van der Waals surface area contributed by atoms with Crippen molar-refractivity contribution in [3.8, 4) is 0 Å². The van der Waals surface area contributed by atoms with Gasteiger partial charge in [-0.05, 0) is 29.7 Å². The number of rotatable bonds is 3. The average Bonchev–Trinajstić information content (AvgIpc) is 3.10. The van der Waals surface area contributed by atoms with Crippen molar-refractivity contribution in [3.63, 3.8) is 0 Å². The number of halogens is 1. The van der Waals surface area contributed by atoms with Gasteiger partial charge in [-0.2, -0.15) is 0 Å². The second-order valence-electron chi connectivity index (χ2n) is 4.88. The molecule has 0 aliphatic heterocycles. The summed E-state index contributed by atoms with van der Waals surface area (Å²) in [6.45, 7) is 0. The van der Waals surface area contributed by atoms with Crippen LogP contribution in [-0.2, 0) is 6.42 Å². The topological polar surface area (TPSA) is 37.5 Å². The van der Waals surface area contributed by atoms with Crippen molar-refractivity contribution >= 4 is 37.7 Å². The fourth-order valence-corrected chi connectivity index (χ4v) is 4.12. The van der Waals surface area contributed by atoms with E-state index in [0.29, 0.717) is 6.42 Å². The number of hydrogen-bond donors (Lipinski definition) is 1. The van der Waals surface area contributed by atoms with Crippen LogP contribution in [0, 0.1) is 5.82 Å². The number of imidazole rings is 1. The van der Waals surface area contributed by atoms with Crippen LogP contribution in [0.25, 0.3) is 15.0 Å². The van der Waals surface area contributed by atoms with Crippen molar-refractivity contribution in [3.05, 3.63) is 58.4 Å². The van der Waals surface area contributed by atoms with Crippen LogP contribution in [0.3, 0.4) is 0 Å². The van der Waals surface area contributed by atoms with Crippen LogP contribution in [0.4, 0.5) is 4.39 Å². The summed E-state index contributed by atoms with van der Waals surface area (Å²) >= 11 is 3.06. The van der Waals surface area contributed by atoms with Crippen molar-refractivity contribution in [2.24, 2.45) is 0 Å². The molecule has 1 unspecified atom stereocenters. The molecule has 1 aromatic carbocycles. The molecule has 0 amide bonds. The summed E-state index contributed by atoms with van der Waals surface area (Å²) in [6.07, 6.45) is 3.73. The van der Waals surface area contributed by atoms with Crippen LogP contribution in [-0.4, -0.2) is 14.5 Å². The number of thiophene rings is 1. The van der Waals surface area contributed by atoms with E-state index in [-0.39, 0.29) is 5.82 Å². The van der Waals surface area contributed by atoms with Gasteiger partial charge in [-0.1, -0.05) is 0 Å². The van der Waals surface area contributed by atoms with E-state index in [2.05, 4.69) is 4.98 Å². The molecular weight excluding hydrogens is 307 g/mol. The SMILES string of the molecule is OC(Cc1cn2ccsc2n1)c1cc2cc(F)ccc2s1. The molecule has 0 bridgehead atoms. The zero-order valence-corrected chi connectivity index (χ0v) is 12.5. The number of nitrogens with zero attached hydrogens (tertiary/aromatic N) is 2. The van der Waals surface area contributed by atoms with E-state index in [4.69, 9.17) is 0 Å². The van der Waals surface area contributed by atoms with Gasteiger partial charge in [0.1, 0.15) is 5.82 Å². The fraction of sp³-hybridized carbons (Fsp3) is 0.133. The van der Waals surface area contributed by atoms with Crippen LogP contribution in [0.2, 0.25) is 0 Å². The molecule has 1 N–H and O–H groups in total. The highest BCUT2D eigenvalue weighted by Gasteiger charge is 2.15. The van der Waals surface area contributed by atoms with Gasteiger partial charge in [0.15, 0.2) is 4.96 Å². The molecule has 3 nitrogen and oxygen atoms in total. The molecule has 1 atom stereocenters. The van der Waals surface area contributed by atoms with E-state index >= 15 is 0 Å². The summed E-state index contributed by atoms with van der Waals surface area (Å²) in [6, 6.07) is 6.54. The first kappa shape index (κ1) is 12.9. The van der Waals surface area contributed by atoms with Crippen molar-refractivity contribution in [2.45, 2.75) is 12.5 Å². The lowest BCUT2D eigenvalue weighted by atomic mass is 10.1. The van der Waals surface area contributed by atoms with Crippen LogP contribution in [0.1, 0.15) is 16.7 Å². The number of hydrogen-bond acceptors (Lipinski definition) is 4. The van der Waals surface area contributed by atoms with Crippen molar-refractivity contribution in [1.82, 2.24) is 9.38 Å². The number of aromatic nitrogens is 2. The number of fused-ring (bicyclic) bond motifs is 2. The zero-order chi connectivity index (χ0) is 14.4. The molecule has 0 saturated carbocycles. The Kier molecular flexibility index (Phi) is 3.02. The monoisotopic (exact) mass is 318 g/mol. The van der Waals surface area contributed by atoms with Crippen molar-refractivity contribution in [1.29, 1.82) is 0 Å². The zero-order valence-electron chi connectivity index (χ0n) is 10.9. The number of benzene rings is 1. The van der Waals surface area contributed by atoms with Gasteiger partial charge < -0.3 is 5.11 Å². The normalized spacial score (nSPS) is 13.2. The van der Waals surface area contributed by atoms with E-state index in [1.54, 1.807) is 17.4 Å². The highest BCUT2D eigenvalue weighted by Crippen LogP contribution is 2.32. The molecule has 0 aliphatic carbocycles. The van der Waals surface area contributed by atoms with Crippen molar-refractivity contribution in [2.75, 3.05) is 0 Å². The largest absolute Gasteiger partial charge is 0.387 e. The van der Waals surface area contributed by atoms with Gasteiger partial charge in [-0.15, -0.1) is 22.7 Å². The van der Waals surface area contributed by atoms with Crippen LogP contribution >= 0.6 is 22.7 Å². The maximum absolute atomic E-state index is 13.2. The molecule has 0 fully saturated rings. The minimum absolute atomic E-state index is 0.254. The molecule has 4 rings (SSSR count). The highest BCUT2D eigenvalue weighted by atomic mass is 32.1. The quantitative estimate of drug-likeness (QED) is 0.619. The lowest BCUT2D eigenvalue weighted by Gasteiger charge is -2.05. The van der Waals surface area contributed by atoms with E-state index in [1.807, 2.05) is 28.2 Å². The summed E-state index contributed by atoms with van der Waals surface area (Å²) in [5, 5.41) is 13.2. The Hall–Kier alpha value is -1.76. The van der Waals surface area contributed by atoms with Gasteiger partial charge in [-0.25, -0.2) is 9.37 Å². The third kappa shape index (κ3) is 2.35. The summed E-state index contributed by atoms with van der Waals surface area (Å²) in [7, 11) is 0. The third-order valence-electron chi connectivity index (χ3n) is 3.37. The highest BCUT2D eigenvalue weighted by molar-refractivity contribution is 7.19. The first-order valence-corrected chi connectivity index (χ1v) is 8.17. The number of aliphatic hydroxyl groups is 1. The molecule has 3 heterocycles. The second-order valence-corrected chi connectivity index (χ2v) is 6.86. The lowest BCUT2D eigenvalue weighted by Crippen LogP contribution is -1.99. The Bertz CT molecular complexity index is 896. The van der Waals surface area contributed by atoms with Crippen LogP contribution in [0.15, 0.2) is 42.0 Å². The van der Waals surface area contributed by atoms with Crippen LogP contribution in [0.5, 0.6) is 0 Å². The first-order chi connectivity index (χ1) is 10.2. The Morgan fingerprint density at radius 2 is 2.24 bits per heavy atom. The molecule has 4 aromatic rings. The number of thiazole rings is 1. The van der Waals surface area contributed by atoms with Gasteiger partial charge in [0.25, 0.3) is 0 Å². The minimum atomic E-state index is -0.616. The summed E-state index contributed by atoms with van der Waals surface area (Å²) < 4.78 is 16.1. The van der Waals surface area contributed by atoms with Gasteiger partial charge in [-0.3, -0.25) is 4.40 Å². The van der Waals surface area contributed by atoms with Gasteiger partial charge in [0, 0.05) is 33.8 Å². The lowest BCUT2D eigenvalue weighted by molar-refractivity contribution is 0.181. The Morgan fingerprint density at radius 3 is 3.10 bits per heavy atom. The molecule has 0 spiro atoms. The van der Waals surface area contributed by atoms with Crippen molar-refractivity contribution < 1.29 is 9.50 Å². The summed E-state index contributed by atoms with van der Waals surface area (Å²) in [4.78, 5) is 6.24. The van der Waals surface area contributed by atoms with Gasteiger partial charge in [0.2, 0.25) is 0 Å². The standard InChI is InChI=1S/C15H11FN2OS2/c16-10-1-2-13-9(5-10)6-14(21-13)12(19)7-11-8-18-3-4-20-15(18)17-11/h1-6,8,12,19H,7H2. The molecule has 106 valence electrons. The third-order valence-corrected chi connectivity index (χ3v) is 5.36. The Morgan fingerprint density at radius 1 is 1.33 bits per heavy atom. The average molecular weight is 318 g/mol. The van der Waals surface area contributed by atoms with Gasteiger partial charge >= 0.3 is 0 Å². The Balaban J connectivity index is 1.63. The maximum Gasteiger partial charge on any atom is 0.193 e. The van der Waals surface area contributed by atoms with E-state index < -0.39 is 6.10 Å². The number of aliphatic hydroxyl groups excluding tert-OH is 1. The second kappa shape index (κ2) is 4.91. The van der Waals surface area contributed by atoms with Gasteiger partial charge in [0.05, 0.1) is 11.8 Å². The smallest absolute Gasteiger partial charge is 0.193 e. The van der Waals surface area contributed by atoms with E-state index in [1.165, 1.54) is 23.5 Å². The van der Waals surface area contributed by atoms with E-state index in [9.17, 15) is 9.50 Å². The van der Waals surface area contributed by atoms with E-state index in [0.717, 1.165) is 25.6 Å².